The molecule has 1 aromatic carbocycles. The predicted octanol–water partition coefficient (Wildman–Crippen LogP) is 2.04. The minimum absolute atomic E-state index is 0.00230. The van der Waals surface area contributed by atoms with Gasteiger partial charge in [-0.05, 0) is 37.3 Å². The van der Waals surface area contributed by atoms with Crippen molar-refractivity contribution in [2.45, 2.75) is 13.5 Å². The van der Waals surface area contributed by atoms with Crippen molar-refractivity contribution in [1.82, 2.24) is 16.0 Å². The molecule has 0 radical (unpaired) electrons. The van der Waals surface area contributed by atoms with E-state index in [1.54, 1.807) is 12.1 Å². The van der Waals surface area contributed by atoms with Gasteiger partial charge in [0, 0.05) is 25.2 Å². The number of guanidine groups is 1. The van der Waals surface area contributed by atoms with Crippen LogP contribution in [0.2, 0.25) is 0 Å². The summed E-state index contributed by atoms with van der Waals surface area (Å²) in [6, 6.07) is 6.46. The average molecular weight is 350 g/mol. The van der Waals surface area contributed by atoms with E-state index in [4.69, 9.17) is 4.42 Å². The van der Waals surface area contributed by atoms with Gasteiger partial charge in [-0.15, -0.1) is 0 Å². The summed E-state index contributed by atoms with van der Waals surface area (Å²) in [4.78, 5) is 15.9. The molecule has 0 unspecified atom stereocenters. The quantitative estimate of drug-likeness (QED) is 0.406. The highest BCUT2D eigenvalue weighted by atomic mass is 19.1. The zero-order valence-corrected chi connectivity index (χ0v) is 13.8. The van der Waals surface area contributed by atoms with Gasteiger partial charge in [0.25, 0.3) is 5.91 Å². The van der Waals surface area contributed by atoms with Gasteiger partial charge in [0.05, 0.1) is 12.8 Å². The zero-order valence-electron chi connectivity index (χ0n) is 13.8. The van der Waals surface area contributed by atoms with Crippen LogP contribution in [0.15, 0.2) is 46.0 Å². The first-order valence-electron chi connectivity index (χ1n) is 7.88. The van der Waals surface area contributed by atoms with E-state index in [-0.39, 0.29) is 23.8 Å². The van der Waals surface area contributed by atoms with Crippen LogP contribution in [0, 0.1) is 11.6 Å². The molecular formula is C17H20F2N4O2. The summed E-state index contributed by atoms with van der Waals surface area (Å²) < 4.78 is 31.8. The van der Waals surface area contributed by atoms with Crippen LogP contribution >= 0.6 is 0 Å². The molecule has 0 saturated carbocycles. The van der Waals surface area contributed by atoms with Crippen LogP contribution in [-0.2, 0) is 6.54 Å². The number of carbonyl (C=O) groups excluding carboxylic acids is 1. The second-order valence-corrected chi connectivity index (χ2v) is 5.09. The van der Waals surface area contributed by atoms with Gasteiger partial charge < -0.3 is 20.4 Å². The number of carbonyl (C=O) groups is 1. The van der Waals surface area contributed by atoms with Crippen molar-refractivity contribution in [3.63, 3.8) is 0 Å². The first kappa shape index (κ1) is 18.4. The molecule has 0 spiro atoms. The predicted molar refractivity (Wildman–Crippen MR) is 90.2 cm³/mol. The molecule has 0 atom stereocenters. The molecular weight excluding hydrogens is 330 g/mol. The number of nitrogens with one attached hydrogen (secondary N) is 3. The molecule has 0 aliphatic rings. The lowest BCUT2D eigenvalue weighted by Crippen LogP contribution is -2.41. The van der Waals surface area contributed by atoms with Crippen molar-refractivity contribution in [1.29, 1.82) is 0 Å². The molecule has 2 aromatic rings. The lowest BCUT2D eigenvalue weighted by atomic mass is 10.2. The third kappa shape index (κ3) is 5.91. The Morgan fingerprint density at radius 1 is 1.16 bits per heavy atom. The molecule has 134 valence electrons. The molecule has 1 heterocycles. The fraction of sp³-hybridized carbons (Fsp3) is 0.294. The standard InChI is InChI=1S/C17H20F2N4O2/c1-2-20-17(23-11-12-10-13(18)5-6-14(12)19)22-8-7-21-16(24)15-4-3-9-25-15/h3-6,9-10H,2,7-8,11H2,1H3,(H,21,24)(H2,20,22,23). The van der Waals surface area contributed by atoms with E-state index < -0.39 is 11.6 Å². The SMILES string of the molecule is CCNC(=NCc1cc(F)ccc1F)NCCNC(=O)c1ccco1. The Morgan fingerprint density at radius 3 is 2.68 bits per heavy atom. The van der Waals surface area contributed by atoms with Crippen molar-refractivity contribution in [3.8, 4) is 0 Å². The van der Waals surface area contributed by atoms with Gasteiger partial charge in [0.15, 0.2) is 11.7 Å². The van der Waals surface area contributed by atoms with E-state index in [0.29, 0.717) is 25.6 Å². The van der Waals surface area contributed by atoms with Crippen LogP contribution in [0.5, 0.6) is 0 Å². The van der Waals surface area contributed by atoms with Crippen LogP contribution in [0.25, 0.3) is 0 Å². The number of nitrogens with zero attached hydrogens (tertiary/aromatic N) is 1. The number of halogens is 2. The van der Waals surface area contributed by atoms with Gasteiger partial charge >= 0.3 is 0 Å². The Morgan fingerprint density at radius 2 is 1.96 bits per heavy atom. The third-order valence-corrected chi connectivity index (χ3v) is 3.21. The summed E-state index contributed by atoms with van der Waals surface area (Å²) in [5.41, 5.74) is 0.170. The molecule has 6 nitrogen and oxygen atoms in total. The molecule has 25 heavy (non-hydrogen) atoms. The van der Waals surface area contributed by atoms with Crippen molar-refractivity contribution in [3.05, 3.63) is 59.6 Å². The van der Waals surface area contributed by atoms with Gasteiger partial charge in [0.1, 0.15) is 11.6 Å². The van der Waals surface area contributed by atoms with E-state index in [1.807, 2.05) is 6.92 Å². The topological polar surface area (TPSA) is 78.7 Å². The molecule has 8 heteroatoms. The summed E-state index contributed by atoms with van der Waals surface area (Å²) in [7, 11) is 0. The summed E-state index contributed by atoms with van der Waals surface area (Å²) in [6.45, 7) is 3.24. The maximum atomic E-state index is 13.6. The molecule has 1 aromatic heterocycles. The Kier molecular flexibility index (Phi) is 6.94. The monoisotopic (exact) mass is 350 g/mol. The minimum atomic E-state index is -0.509. The number of aliphatic imine (C=N–C) groups is 1. The molecule has 1 amide bonds. The highest BCUT2D eigenvalue weighted by molar-refractivity contribution is 5.91. The molecule has 0 saturated heterocycles. The van der Waals surface area contributed by atoms with Gasteiger partial charge in [-0.1, -0.05) is 0 Å². The number of rotatable bonds is 7. The smallest absolute Gasteiger partial charge is 0.287 e. The van der Waals surface area contributed by atoms with E-state index in [2.05, 4.69) is 20.9 Å². The number of amides is 1. The van der Waals surface area contributed by atoms with Crippen molar-refractivity contribution >= 4 is 11.9 Å². The highest BCUT2D eigenvalue weighted by Crippen LogP contribution is 2.10. The summed E-state index contributed by atoms with van der Waals surface area (Å²) in [5, 5.41) is 8.68. The third-order valence-electron chi connectivity index (χ3n) is 3.21. The fourth-order valence-electron chi connectivity index (χ4n) is 2.02. The number of hydrogen-bond donors (Lipinski definition) is 3. The minimum Gasteiger partial charge on any atom is -0.459 e. The lowest BCUT2D eigenvalue weighted by Gasteiger charge is -2.11. The average Bonchev–Trinajstić information content (AvgIpc) is 3.13. The Hall–Kier alpha value is -2.90. The Balaban J connectivity index is 1.83. The Labute approximate surface area is 144 Å². The maximum absolute atomic E-state index is 13.6. The summed E-state index contributed by atoms with van der Waals surface area (Å²) in [5.74, 6) is -0.645. The Bertz CT molecular complexity index is 717. The van der Waals surface area contributed by atoms with Gasteiger partial charge in [-0.2, -0.15) is 0 Å². The van der Waals surface area contributed by atoms with Crippen LogP contribution in [0.1, 0.15) is 23.0 Å². The van der Waals surface area contributed by atoms with Crippen molar-refractivity contribution in [2.24, 2.45) is 4.99 Å². The number of hydrogen-bond acceptors (Lipinski definition) is 3. The molecule has 0 aliphatic carbocycles. The van der Waals surface area contributed by atoms with E-state index >= 15 is 0 Å². The van der Waals surface area contributed by atoms with Gasteiger partial charge in [-0.25, -0.2) is 13.8 Å². The van der Waals surface area contributed by atoms with Crippen molar-refractivity contribution < 1.29 is 18.0 Å². The largest absolute Gasteiger partial charge is 0.459 e. The molecule has 0 bridgehead atoms. The van der Waals surface area contributed by atoms with Gasteiger partial charge in [0.2, 0.25) is 0 Å². The summed E-state index contributed by atoms with van der Waals surface area (Å²) in [6.07, 6.45) is 1.43. The van der Waals surface area contributed by atoms with Crippen LogP contribution < -0.4 is 16.0 Å². The second kappa shape index (κ2) is 9.41. The van der Waals surface area contributed by atoms with Crippen LogP contribution in [0.3, 0.4) is 0 Å². The lowest BCUT2D eigenvalue weighted by molar-refractivity contribution is 0.0926. The first-order chi connectivity index (χ1) is 12.1. The van der Waals surface area contributed by atoms with Gasteiger partial charge in [-0.3, -0.25) is 4.79 Å². The maximum Gasteiger partial charge on any atom is 0.287 e. The molecule has 0 fully saturated rings. The zero-order chi connectivity index (χ0) is 18.1. The number of furan rings is 1. The molecule has 3 N–H and O–H groups in total. The molecule has 0 aliphatic heterocycles. The summed E-state index contributed by atoms with van der Waals surface area (Å²) >= 11 is 0. The first-order valence-corrected chi connectivity index (χ1v) is 7.88. The van der Waals surface area contributed by atoms with Crippen molar-refractivity contribution in [2.75, 3.05) is 19.6 Å². The van der Waals surface area contributed by atoms with E-state index in [1.165, 1.54) is 6.26 Å². The van der Waals surface area contributed by atoms with E-state index in [9.17, 15) is 13.6 Å². The highest BCUT2D eigenvalue weighted by Gasteiger charge is 2.07. The fourth-order valence-corrected chi connectivity index (χ4v) is 2.02. The van der Waals surface area contributed by atoms with E-state index in [0.717, 1.165) is 18.2 Å². The second-order valence-electron chi connectivity index (χ2n) is 5.09. The van der Waals surface area contributed by atoms with Crippen LogP contribution in [0.4, 0.5) is 8.78 Å². The molecule has 2 rings (SSSR count). The van der Waals surface area contributed by atoms with Crippen LogP contribution in [-0.4, -0.2) is 31.5 Å². The number of benzene rings is 1. The normalized spacial score (nSPS) is 11.2.